The third-order valence-corrected chi connectivity index (χ3v) is 5.48. The Hall–Kier alpha value is -2.13. The highest BCUT2D eigenvalue weighted by Gasteiger charge is 2.27. The van der Waals surface area contributed by atoms with Gasteiger partial charge < -0.3 is 14.2 Å². The predicted molar refractivity (Wildman–Crippen MR) is 94.6 cm³/mol. The third-order valence-electron chi connectivity index (χ3n) is 3.41. The van der Waals surface area contributed by atoms with Gasteiger partial charge in [0, 0.05) is 13.1 Å². The monoisotopic (exact) mass is 387 g/mol. The average molecular weight is 387 g/mol. The van der Waals surface area contributed by atoms with Crippen LogP contribution in [-0.2, 0) is 24.3 Å². The van der Waals surface area contributed by atoms with Crippen molar-refractivity contribution < 1.29 is 32.2 Å². The van der Waals surface area contributed by atoms with Gasteiger partial charge in [-0.25, -0.2) is 18.0 Å². The average Bonchev–Trinajstić information content (AvgIpc) is 2.59. The summed E-state index contributed by atoms with van der Waals surface area (Å²) in [5, 5.41) is 0. The van der Waals surface area contributed by atoms with Gasteiger partial charge in [0.25, 0.3) is 0 Å². The molecule has 26 heavy (non-hydrogen) atoms. The maximum Gasteiger partial charge on any atom is 0.344 e. The first kappa shape index (κ1) is 21.9. The summed E-state index contributed by atoms with van der Waals surface area (Å²) >= 11 is 0. The molecular weight excluding hydrogens is 362 g/mol. The van der Waals surface area contributed by atoms with E-state index in [1.54, 1.807) is 27.7 Å². The largest absolute Gasteiger partial charge is 0.495 e. The standard InChI is InChI=1S/C17H25NO7S/c1-6-18(7-2)26(21,22)15-10-13(8-9-14(15)23-5)17(20)24-11-16(19)25-12(3)4/h8-10,12H,6-7,11H2,1-5H3. The summed E-state index contributed by atoms with van der Waals surface area (Å²) in [5.41, 5.74) is -0.00567. The van der Waals surface area contributed by atoms with Crippen molar-refractivity contribution in [2.45, 2.75) is 38.7 Å². The highest BCUT2D eigenvalue weighted by Crippen LogP contribution is 2.28. The molecule has 0 aliphatic heterocycles. The first-order valence-electron chi connectivity index (χ1n) is 8.22. The molecule has 0 heterocycles. The van der Waals surface area contributed by atoms with Crippen LogP contribution in [0.25, 0.3) is 0 Å². The van der Waals surface area contributed by atoms with Crippen LogP contribution >= 0.6 is 0 Å². The highest BCUT2D eigenvalue weighted by atomic mass is 32.2. The van der Waals surface area contributed by atoms with E-state index in [4.69, 9.17) is 14.2 Å². The molecule has 0 radical (unpaired) electrons. The Morgan fingerprint density at radius 1 is 1.15 bits per heavy atom. The lowest BCUT2D eigenvalue weighted by atomic mass is 10.2. The summed E-state index contributed by atoms with van der Waals surface area (Å²) in [6.07, 6.45) is -0.326. The summed E-state index contributed by atoms with van der Waals surface area (Å²) in [5.74, 6) is -1.39. The van der Waals surface area contributed by atoms with Gasteiger partial charge in [0.15, 0.2) is 6.61 Å². The number of sulfonamides is 1. The maximum atomic E-state index is 12.8. The normalized spacial score (nSPS) is 11.5. The second kappa shape index (κ2) is 9.54. The van der Waals surface area contributed by atoms with Crippen molar-refractivity contribution in [2.24, 2.45) is 0 Å². The molecule has 0 unspecified atom stereocenters. The van der Waals surface area contributed by atoms with Crippen molar-refractivity contribution in [2.75, 3.05) is 26.8 Å². The topological polar surface area (TPSA) is 99.2 Å². The van der Waals surface area contributed by atoms with Gasteiger partial charge in [0.2, 0.25) is 10.0 Å². The molecule has 0 spiro atoms. The molecular formula is C17H25NO7S. The number of hydrogen-bond acceptors (Lipinski definition) is 7. The number of ether oxygens (including phenoxy) is 3. The smallest absolute Gasteiger partial charge is 0.344 e. The third kappa shape index (κ3) is 5.43. The molecule has 0 amide bonds. The van der Waals surface area contributed by atoms with E-state index in [9.17, 15) is 18.0 Å². The zero-order valence-corrected chi connectivity index (χ0v) is 16.5. The number of benzene rings is 1. The Morgan fingerprint density at radius 2 is 1.77 bits per heavy atom. The quantitative estimate of drug-likeness (QED) is 0.596. The molecule has 0 saturated carbocycles. The van der Waals surface area contributed by atoms with Crippen molar-refractivity contribution >= 4 is 22.0 Å². The lowest BCUT2D eigenvalue weighted by Crippen LogP contribution is -2.31. The summed E-state index contributed by atoms with van der Waals surface area (Å²) in [4.78, 5) is 23.5. The van der Waals surface area contributed by atoms with Gasteiger partial charge in [-0.05, 0) is 32.0 Å². The maximum absolute atomic E-state index is 12.8. The number of carbonyl (C=O) groups is 2. The zero-order chi connectivity index (χ0) is 19.9. The fraction of sp³-hybridized carbons (Fsp3) is 0.529. The first-order chi connectivity index (χ1) is 12.2. The summed E-state index contributed by atoms with van der Waals surface area (Å²) in [6, 6.07) is 3.93. The van der Waals surface area contributed by atoms with Crippen LogP contribution in [0.4, 0.5) is 0 Å². The Bertz CT molecular complexity index is 739. The van der Waals surface area contributed by atoms with E-state index in [2.05, 4.69) is 0 Å². The molecule has 0 aromatic heterocycles. The van der Waals surface area contributed by atoms with E-state index in [0.29, 0.717) is 0 Å². The minimum Gasteiger partial charge on any atom is -0.495 e. The molecule has 9 heteroatoms. The van der Waals surface area contributed by atoms with Crippen LogP contribution in [0, 0.1) is 0 Å². The van der Waals surface area contributed by atoms with Crippen LogP contribution in [-0.4, -0.2) is 57.6 Å². The molecule has 0 aliphatic carbocycles. The highest BCUT2D eigenvalue weighted by molar-refractivity contribution is 7.89. The molecule has 1 aromatic carbocycles. The zero-order valence-electron chi connectivity index (χ0n) is 15.6. The van der Waals surface area contributed by atoms with Crippen molar-refractivity contribution in [3.8, 4) is 5.75 Å². The van der Waals surface area contributed by atoms with Gasteiger partial charge in [-0.15, -0.1) is 0 Å². The number of rotatable bonds is 9. The van der Waals surface area contributed by atoms with E-state index in [1.807, 2.05) is 0 Å². The molecule has 1 rings (SSSR count). The fourth-order valence-electron chi connectivity index (χ4n) is 2.21. The Morgan fingerprint density at radius 3 is 2.27 bits per heavy atom. The van der Waals surface area contributed by atoms with Crippen molar-refractivity contribution in [3.63, 3.8) is 0 Å². The Labute approximate surface area is 154 Å². The number of carbonyl (C=O) groups excluding carboxylic acids is 2. The van der Waals surface area contributed by atoms with Gasteiger partial charge >= 0.3 is 11.9 Å². The van der Waals surface area contributed by atoms with Crippen LogP contribution < -0.4 is 4.74 Å². The van der Waals surface area contributed by atoms with Crippen LogP contribution in [0.2, 0.25) is 0 Å². The van der Waals surface area contributed by atoms with E-state index in [1.165, 1.54) is 29.6 Å². The molecule has 0 saturated heterocycles. The van der Waals surface area contributed by atoms with E-state index >= 15 is 0 Å². The minimum absolute atomic E-state index is 0.00567. The van der Waals surface area contributed by atoms with Crippen LogP contribution in [0.15, 0.2) is 23.1 Å². The molecule has 1 aromatic rings. The van der Waals surface area contributed by atoms with Crippen molar-refractivity contribution in [1.29, 1.82) is 0 Å². The second-order valence-corrected chi connectivity index (χ2v) is 7.48. The molecule has 8 nitrogen and oxygen atoms in total. The molecule has 146 valence electrons. The van der Waals surface area contributed by atoms with Crippen LogP contribution in [0.3, 0.4) is 0 Å². The van der Waals surface area contributed by atoms with Crippen LogP contribution in [0.1, 0.15) is 38.1 Å². The number of methoxy groups -OCH3 is 1. The summed E-state index contributed by atoms with van der Waals surface area (Å²) in [7, 11) is -2.49. The van der Waals surface area contributed by atoms with Crippen molar-refractivity contribution in [3.05, 3.63) is 23.8 Å². The Kier molecular flexibility index (Phi) is 8.04. The Balaban J connectivity index is 3.09. The second-order valence-electron chi connectivity index (χ2n) is 5.57. The van der Waals surface area contributed by atoms with Crippen molar-refractivity contribution in [1.82, 2.24) is 4.31 Å². The lowest BCUT2D eigenvalue weighted by molar-refractivity contribution is -0.150. The SMILES string of the molecule is CCN(CC)S(=O)(=O)c1cc(C(=O)OCC(=O)OC(C)C)ccc1OC. The van der Waals surface area contributed by atoms with E-state index < -0.39 is 28.6 Å². The van der Waals surface area contributed by atoms with Gasteiger partial charge in [0.05, 0.1) is 18.8 Å². The van der Waals surface area contributed by atoms with E-state index in [0.717, 1.165) is 0 Å². The number of esters is 2. The fourth-order valence-corrected chi connectivity index (χ4v) is 3.85. The summed E-state index contributed by atoms with van der Waals surface area (Å²) in [6.45, 7) is 6.77. The van der Waals surface area contributed by atoms with Crippen LogP contribution in [0.5, 0.6) is 5.75 Å². The molecule has 0 bridgehead atoms. The molecule has 0 fully saturated rings. The van der Waals surface area contributed by atoms with Gasteiger partial charge in [-0.1, -0.05) is 13.8 Å². The lowest BCUT2D eigenvalue weighted by Gasteiger charge is -2.20. The van der Waals surface area contributed by atoms with Gasteiger partial charge in [-0.3, -0.25) is 0 Å². The predicted octanol–water partition coefficient (Wildman–Crippen LogP) is 1.83. The first-order valence-corrected chi connectivity index (χ1v) is 9.66. The van der Waals surface area contributed by atoms with Gasteiger partial charge in [-0.2, -0.15) is 4.31 Å². The molecule has 0 N–H and O–H groups in total. The molecule has 0 atom stereocenters. The van der Waals surface area contributed by atoms with Gasteiger partial charge in [0.1, 0.15) is 10.6 Å². The number of hydrogen-bond donors (Lipinski definition) is 0. The molecule has 0 aliphatic rings. The minimum atomic E-state index is -3.84. The summed E-state index contributed by atoms with van der Waals surface area (Å²) < 4.78 is 41.6. The number of nitrogens with zero attached hydrogens (tertiary/aromatic N) is 1. The van der Waals surface area contributed by atoms with E-state index in [-0.39, 0.29) is 35.4 Å².